The highest BCUT2D eigenvalue weighted by Gasteiger charge is 2.30. The SMILES string of the molecule is CC/C=C\C/C=C\C/C=C\C/C=C\C/C=C\CCCCCCCCCCCC(=O)OC(/C=C\CCCCCCCCCCC)C(COP(=O)(O)OCC[N+](C)(C)C)NC(=O)CCCCCCCCC/C=C/CCCCCCCC. The molecule has 0 radical (unpaired) electrons. The molecule has 3 unspecified atom stereocenters. The topological polar surface area (TPSA) is 111 Å². The van der Waals surface area contributed by atoms with Gasteiger partial charge in [0.15, 0.2) is 0 Å². The van der Waals surface area contributed by atoms with Crippen LogP contribution in [0.1, 0.15) is 290 Å². The summed E-state index contributed by atoms with van der Waals surface area (Å²) in [6.07, 6.45) is 77.3. The molecule has 0 spiro atoms. The van der Waals surface area contributed by atoms with Crippen molar-refractivity contribution >= 4 is 19.7 Å². The molecule has 458 valence electrons. The standard InChI is InChI=1S/C69H125N2O7P/c1-7-10-13-16-19-22-25-27-29-31-32-33-34-35-36-37-38-40-42-44-47-50-53-56-59-62-69(73)78-67(60-57-54-51-48-45-24-21-18-15-12-9-3)66(65-77-79(74,75)76-64-63-71(4,5)6)70-68(72)61-58-55-52-49-46-43-41-39-30-28-26-23-20-17-14-11-8-2/h10,13,19,22,27-30,32-33,35-36,57,60,66-67H,7-9,11-12,14-18,20-21,23-26,31,34,37-56,58-59,61-65H2,1-6H3,(H-,70,72,74,75)/p+1/b13-10-,22-19-,29-27-,30-28+,33-32-,36-35-,60-57-. The van der Waals surface area contributed by atoms with Gasteiger partial charge in [-0.1, -0.05) is 260 Å². The fourth-order valence-electron chi connectivity index (χ4n) is 9.26. The number of carbonyl (C=O) groups is 2. The van der Waals surface area contributed by atoms with Gasteiger partial charge in [-0.15, -0.1) is 0 Å². The van der Waals surface area contributed by atoms with E-state index in [-0.39, 0.29) is 31.5 Å². The van der Waals surface area contributed by atoms with Gasteiger partial charge < -0.3 is 19.4 Å². The second-order valence-corrected chi connectivity index (χ2v) is 24.7. The summed E-state index contributed by atoms with van der Waals surface area (Å²) in [4.78, 5) is 37.8. The van der Waals surface area contributed by atoms with Gasteiger partial charge in [-0.25, -0.2) is 4.57 Å². The van der Waals surface area contributed by atoms with Crippen LogP contribution in [-0.2, 0) is 27.9 Å². The summed E-state index contributed by atoms with van der Waals surface area (Å²) in [5.74, 6) is -0.515. The quantitative estimate of drug-likeness (QED) is 0.0205. The summed E-state index contributed by atoms with van der Waals surface area (Å²) in [6, 6.07) is -0.856. The third-order valence-corrected chi connectivity index (χ3v) is 15.3. The number of ether oxygens (including phenoxy) is 1. The van der Waals surface area contributed by atoms with Crippen LogP contribution in [0.25, 0.3) is 0 Å². The van der Waals surface area contributed by atoms with Gasteiger partial charge in [-0.2, -0.15) is 0 Å². The van der Waals surface area contributed by atoms with Crippen molar-refractivity contribution in [2.45, 2.75) is 303 Å². The van der Waals surface area contributed by atoms with Gasteiger partial charge in [0.05, 0.1) is 33.8 Å². The molecule has 0 rings (SSSR count). The summed E-state index contributed by atoms with van der Waals surface area (Å²) in [5, 5.41) is 3.06. The molecule has 3 atom stereocenters. The van der Waals surface area contributed by atoms with E-state index in [1.807, 2.05) is 33.3 Å². The Balaban J connectivity index is 5.12. The number of phosphoric ester groups is 1. The smallest absolute Gasteiger partial charge is 0.456 e. The highest BCUT2D eigenvalue weighted by Crippen LogP contribution is 2.43. The van der Waals surface area contributed by atoms with Crippen molar-refractivity contribution in [1.29, 1.82) is 0 Å². The van der Waals surface area contributed by atoms with Gasteiger partial charge in [0, 0.05) is 12.8 Å². The number of hydrogen-bond donors (Lipinski definition) is 2. The normalized spacial score (nSPS) is 14.2. The van der Waals surface area contributed by atoms with E-state index in [0.717, 1.165) is 116 Å². The van der Waals surface area contributed by atoms with Gasteiger partial charge in [0.1, 0.15) is 19.3 Å². The Hall–Kier alpha value is -2.81. The van der Waals surface area contributed by atoms with E-state index in [4.69, 9.17) is 13.8 Å². The molecule has 9 nitrogen and oxygen atoms in total. The average molecular weight is 1130 g/mol. The van der Waals surface area contributed by atoms with E-state index in [2.05, 4.69) is 99.0 Å². The maximum atomic E-state index is 13.6. The van der Waals surface area contributed by atoms with E-state index in [9.17, 15) is 19.0 Å². The Morgan fingerprint density at radius 3 is 1.23 bits per heavy atom. The van der Waals surface area contributed by atoms with Gasteiger partial charge >= 0.3 is 13.8 Å². The molecule has 0 aliphatic carbocycles. The number of carbonyl (C=O) groups excluding carboxylic acids is 2. The fourth-order valence-corrected chi connectivity index (χ4v) is 9.99. The highest BCUT2D eigenvalue weighted by molar-refractivity contribution is 7.47. The number of esters is 1. The van der Waals surface area contributed by atoms with Crippen molar-refractivity contribution in [3.8, 4) is 0 Å². The van der Waals surface area contributed by atoms with Crippen LogP contribution in [0.15, 0.2) is 85.1 Å². The Morgan fingerprint density at radius 2 is 0.810 bits per heavy atom. The fraction of sp³-hybridized carbons (Fsp3) is 0.768. The first-order valence-corrected chi connectivity index (χ1v) is 34.4. The van der Waals surface area contributed by atoms with Crippen molar-refractivity contribution in [2.75, 3.05) is 40.9 Å². The lowest BCUT2D eigenvalue weighted by Crippen LogP contribution is -2.47. The lowest BCUT2D eigenvalue weighted by molar-refractivity contribution is -0.870. The number of nitrogens with one attached hydrogen (secondary N) is 1. The molecule has 0 aromatic carbocycles. The minimum Gasteiger partial charge on any atom is -0.456 e. The van der Waals surface area contributed by atoms with E-state index >= 15 is 0 Å². The molecule has 0 aromatic rings. The van der Waals surface area contributed by atoms with Crippen LogP contribution in [-0.4, -0.2) is 74.3 Å². The Morgan fingerprint density at radius 1 is 0.456 bits per heavy atom. The first-order chi connectivity index (χ1) is 38.4. The number of likely N-dealkylation sites (N-methyl/N-ethyl adjacent to an activating group) is 1. The van der Waals surface area contributed by atoms with Crippen molar-refractivity contribution in [1.82, 2.24) is 5.32 Å². The summed E-state index contributed by atoms with van der Waals surface area (Å²) >= 11 is 0. The van der Waals surface area contributed by atoms with E-state index < -0.39 is 20.0 Å². The van der Waals surface area contributed by atoms with Gasteiger partial charge in [-0.3, -0.25) is 18.6 Å². The molecule has 2 N–H and O–H groups in total. The molecule has 0 saturated heterocycles. The third-order valence-electron chi connectivity index (χ3n) is 14.3. The molecule has 0 bridgehead atoms. The Kier molecular flexibility index (Phi) is 56.3. The van der Waals surface area contributed by atoms with Crippen molar-refractivity contribution < 1.29 is 37.3 Å². The zero-order valence-electron chi connectivity index (χ0n) is 52.3. The highest BCUT2D eigenvalue weighted by atomic mass is 31.2. The number of rotatable bonds is 59. The minimum absolute atomic E-state index is 0.0359. The van der Waals surface area contributed by atoms with Crippen LogP contribution < -0.4 is 5.32 Å². The lowest BCUT2D eigenvalue weighted by Gasteiger charge is -2.27. The largest absolute Gasteiger partial charge is 0.472 e. The summed E-state index contributed by atoms with van der Waals surface area (Å²) in [7, 11) is 1.49. The average Bonchev–Trinajstić information content (AvgIpc) is 3.41. The first-order valence-electron chi connectivity index (χ1n) is 32.9. The van der Waals surface area contributed by atoms with E-state index in [1.54, 1.807) is 0 Å². The predicted octanol–water partition coefficient (Wildman–Crippen LogP) is 20.6. The number of unbranched alkanes of at least 4 members (excludes halogenated alkanes) is 31. The molecule has 1 amide bonds. The summed E-state index contributed by atoms with van der Waals surface area (Å²) in [6.45, 7) is 6.90. The maximum absolute atomic E-state index is 13.6. The molecule has 0 aliphatic heterocycles. The second-order valence-electron chi connectivity index (χ2n) is 23.3. The molecular formula is C69H126N2O7P+. The second kappa shape index (κ2) is 58.4. The molecule has 79 heavy (non-hydrogen) atoms. The summed E-state index contributed by atoms with van der Waals surface area (Å²) < 4.78 is 30.7. The number of hydrogen-bond acceptors (Lipinski definition) is 6. The first kappa shape index (κ1) is 76.2. The maximum Gasteiger partial charge on any atom is 0.472 e. The van der Waals surface area contributed by atoms with Crippen LogP contribution in [0, 0.1) is 0 Å². The Bertz CT molecular complexity index is 1630. The van der Waals surface area contributed by atoms with Gasteiger partial charge in [0.2, 0.25) is 5.91 Å². The van der Waals surface area contributed by atoms with Crippen LogP contribution >= 0.6 is 7.82 Å². The third kappa shape index (κ3) is 59.6. The number of phosphoric acid groups is 1. The van der Waals surface area contributed by atoms with Gasteiger partial charge in [0.25, 0.3) is 0 Å². The molecular weight excluding hydrogens is 1000 g/mol. The number of quaternary nitrogens is 1. The molecule has 0 heterocycles. The van der Waals surface area contributed by atoms with Crippen molar-refractivity contribution in [3.05, 3.63) is 85.1 Å². The number of allylic oxidation sites excluding steroid dienone is 13. The van der Waals surface area contributed by atoms with Gasteiger partial charge in [-0.05, 0) is 102 Å². The van der Waals surface area contributed by atoms with E-state index in [1.165, 1.54) is 141 Å². The minimum atomic E-state index is -4.45. The van der Waals surface area contributed by atoms with Crippen LogP contribution in [0.3, 0.4) is 0 Å². The molecule has 0 aromatic heterocycles. The number of amides is 1. The van der Waals surface area contributed by atoms with Crippen molar-refractivity contribution in [3.63, 3.8) is 0 Å². The number of nitrogens with zero attached hydrogens (tertiary/aromatic N) is 1. The monoisotopic (exact) mass is 1130 g/mol. The van der Waals surface area contributed by atoms with E-state index in [0.29, 0.717) is 17.4 Å². The molecule has 0 aliphatic rings. The van der Waals surface area contributed by atoms with Crippen LogP contribution in [0.5, 0.6) is 0 Å². The molecule has 0 fully saturated rings. The Labute approximate surface area is 488 Å². The zero-order chi connectivity index (χ0) is 57.9. The molecule has 10 heteroatoms. The predicted molar refractivity (Wildman–Crippen MR) is 341 cm³/mol. The van der Waals surface area contributed by atoms with Crippen LogP contribution in [0.2, 0.25) is 0 Å². The van der Waals surface area contributed by atoms with Crippen LogP contribution in [0.4, 0.5) is 0 Å². The van der Waals surface area contributed by atoms with Crippen molar-refractivity contribution in [2.24, 2.45) is 0 Å². The summed E-state index contributed by atoms with van der Waals surface area (Å²) in [5.41, 5.74) is 0. The lowest BCUT2D eigenvalue weighted by atomic mass is 10.0. The zero-order valence-corrected chi connectivity index (χ0v) is 53.2. The molecule has 0 saturated carbocycles.